The molecule has 0 atom stereocenters. The van der Waals surface area contributed by atoms with Crippen molar-refractivity contribution in [3.63, 3.8) is 0 Å². The molecule has 1 amide bonds. The molecule has 4 nitrogen and oxygen atoms in total. The third-order valence-corrected chi connectivity index (χ3v) is 2.10. The van der Waals surface area contributed by atoms with Gasteiger partial charge in [0, 0.05) is 19.4 Å². The molecule has 0 aliphatic heterocycles. The van der Waals surface area contributed by atoms with Crippen LogP contribution in [0, 0.1) is 0 Å². The lowest BCUT2D eigenvalue weighted by Gasteiger charge is -2.02. The van der Waals surface area contributed by atoms with Crippen molar-refractivity contribution in [3.8, 4) is 0 Å². The second-order valence-electron chi connectivity index (χ2n) is 3.19. The van der Waals surface area contributed by atoms with E-state index in [2.05, 4.69) is 10.4 Å². The summed E-state index contributed by atoms with van der Waals surface area (Å²) in [6.45, 7) is 1.50. The summed E-state index contributed by atoms with van der Waals surface area (Å²) in [4.78, 5) is 10.9. The lowest BCUT2D eigenvalue weighted by Crippen LogP contribution is -2.05. The molecule has 2 rings (SSSR count). The standard InChI is InChI=1S/C10H11N3O/c1-7(14)12-9-4-3-5-10-8(9)6-11-13(10)2/h3-6H,1-2H3,(H,12,14). The van der Waals surface area contributed by atoms with E-state index in [0.717, 1.165) is 16.6 Å². The quantitative estimate of drug-likeness (QED) is 0.739. The fourth-order valence-electron chi connectivity index (χ4n) is 1.48. The van der Waals surface area contributed by atoms with Crippen molar-refractivity contribution in [1.82, 2.24) is 9.78 Å². The molecule has 0 unspecified atom stereocenters. The molecule has 0 saturated carbocycles. The SMILES string of the molecule is CC(=O)Nc1cccc2c1cnn2C. The van der Waals surface area contributed by atoms with E-state index in [-0.39, 0.29) is 5.91 Å². The van der Waals surface area contributed by atoms with Gasteiger partial charge in [-0.05, 0) is 12.1 Å². The van der Waals surface area contributed by atoms with Crippen LogP contribution in [0.3, 0.4) is 0 Å². The number of anilines is 1. The number of nitrogens with zero attached hydrogens (tertiary/aromatic N) is 2. The van der Waals surface area contributed by atoms with E-state index in [9.17, 15) is 4.79 Å². The first-order valence-corrected chi connectivity index (χ1v) is 4.37. The Bertz CT molecular complexity index is 487. The van der Waals surface area contributed by atoms with Gasteiger partial charge in [-0.15, -0.1) is 0 Å². The summed E-state index contributed by atoms with van der Waals surface area (Å²) in [6.07, 6.45) is 1.75. The second-order valence-corrected chi connectivity index (χ2v) is 3.19. The third-order valence-electron chi connectivity index (χ3n) is 2.10. The van der Waals surface area contributed by atoms with Crippen molar-refractivity contribution in [2.45, 2.75) is 6.92 Å². The number of rotatable bonds is 1. The molecule has 1 aromatic heterocycles. The first kappa shape index (κ1) is 8.74. The molecule has 0 saturated heterocycles. The number of hydrogen-bond donors (Lipinski definition) is 1. The van der Waals surface area contributed by atoms with Crippen LogP contribution in [-0.2, 0) is 11.8 Å². The minimum absolute atomic E-state index is 0.0682. The topological polar surface area (TPSA) is 46.9 Å². The van der Waals surface area contributed by atoms with Gasteiger partial charge >= 0.3 is 0 Å². The zero-order chi connectivity index (χ0) is 10.1. The minimum Gasteiger partial charge on any atom is -0.326 e. The van der Waals surface area contributed by atoms with E-state index < -0.39 is 0 Å². The molecule has 4 heteroatoms. The van der Waals surface area contributed by atoms with Gasteiger partial charge in [0.05, 0.1) is 17.4 Å². The number of carbonyl (C=O) groups is 1. The number of aryl methyl sites for hydroxylation is 1. The molecular formula is C10H11N3O. The Morgan fingerprint density at radius 3 is 3.00 bits per heavy atom. The van der Waals surface area contributed by atoms with Crippen molar-refractivity contribution in [3.05, 3.63) is 24.4 Å². The van der Waals surface area contributed by atoms with Gasteiger partial charge in [0.2, 0.25) is 5.91 Å². The van der Waals surface area contributed by atoms with E-state index >= 15 is 0 Å². The molecule has 0 radical (unpaired) electrons. The van der Waals surface area contributed by atoms with Gasteiger partial charge in [0.25, 0.3) is 0 Å². The molecule has 0 spiro atoms. The predicted molar refractivity (Wildman–Crippen MR) is 55.0 cm³/mol. The normalized spacial score (nSPS) is 10.4. The Hall–Kier alpha value is -1.84. The number of aromatic nitrogens is 2. The Balaban J connectivity index is 2.59. The number of fused-ring (bicyclic) bond motifs is 1. The molecule has 2 aromatic rings. The summed E-state index contributed by atoms with van der Waals surface area (Å²) in [5, 5.41) is 7.86. The zero-order valence-electron chi connectivity index (χ0n) is 8.11. The number of benzene rings is 1. The van der Waals surface area contributed by atoms with E-state index in [4.69, 9.17) is 0 Å². The van der Waals surface area contributed by atoms with Crippen molar-refractivity contribution in [2.24, 2.45) is 7.05 Å². The van der Waals surface area contributed by atoms with Crippen molar-refractivity contribution in [2.75, 3.05) is 5.32 Å². The van der Waals surface area contributed by atoms with Crippen LogP contribution >= 0.6 is 0 Å². The minimum atomic E-state index is -0.0682. The molecule has 1 N–H and O–H groups in total. The molecular weight excluding hydrogens is 178 g/mol. The van der Waals surface area contributed by atoms with E-state index in [1.54, 1.807) is 10.9 Å². The maximum atomic E-state index is 10.9. The highest BCUT2D eigenvalue weighted by molar-refractivity contribution is 6.00. The van der Waals surface area contributed by atoms with Crippen LogP contribution in [0.4, 0.5) is 5.69 Å². The molecule has 0 aliphatic carbocycles. The van der Waals surface area contributed by atoms with Crippen LogP contribution in [0.25, 0.3) is 10.9 Å². The third kappa shape index (κ3) is 1.35. The summed E-state index contributed by atoms with van der Waals surface area (Å²) < 4.78 is 1.78. The molecule has 1 aromatic carbocycles. The summed E-state index contributed by atoms with van der Waals surface area (Å²) in [7, 11) is 1.87. The lowest BCUT2D eigenvalue weighted by molar-refractivity contribution is -0.114. The van der Waals surface area contributed by atoms with Crippen LogP contribution in [0.5, 0.6) is 0 Å². The molecule has 14 heavy (non-hydrogen) atoms. The number of nitrogens with one attached hydrogen (secondary N) is 1. The monoisotopic (exact) mass is 189 g/mol. The highest BCUT2D eigenvalue weighted by atomic mass is 16.1. The van der Waals surface area contributed by atoms with Crippen LogP contribution in [0.1, 0.15) is 6.92 Å². The van der Waals surface area contributed by atoms with Gasteiger partial charge in [-0.1, -0.05) is 6.07 Å². The van der Waals surface area contributed by atoms with Crippen molar-refractivity contribution >= 4 is 22.5 Å². The molecule has 0 aliphatic rings. The summed E-state index contributed by atoms with van der Waals surface area (Å²) in [5.74, 6) is -0.0682. The van der Waals surface area contributed by atoms with Gasteiger partial charge in [0.1, 0.15) is 0 Å². The average Bonchev–Trinajstić information content (AvgIpc) is 2.49. The van der Waals surface area contributed by atoms with Crippen LogP contribution in [-0.4, -0.2) is 15.7 Å². The highest BCUT2D eigenvalue weighted by Gasteiger charge is 2.04. The van der Waals surface area contributed by atoms with Crippen molar-refractivity contribution in [1.29, 1.82) is 0 Å². The average molecular weight is 189 g/mol. The van der Waals surface area contributed by atoms with E-state index in [0.29, 0.717) is 0 Å². The molecule has 1 heterocycles. The molecule has 0 bridgehead atoms. The van der Waals surface area contributed by atoms with Gasteiger partial charge in [-0.2, -0.15) is 5.10 Å². The largest absolute Gasteiger partial charge is 0.326 e. The second kappa shape index (κ2) is 3.14. The van der Waals surface area contributed by atoms with Crippen LogP contribution < -0.4 is 5.32 Å². The van der Waals surface area contributed by atoms with E-state index in [1.165, 1.54) is 6.92 Å². The Kier molecular flexibility index (Phi) is 1.96. The highest BCUT2D eigenvalue weighted by Crippen LogP contribution is 2.22. The Labute approximate surface area is 81.5 Å². The number of amides is 1. The fourth-order valence-corrected chi connectivity index (χ4v) is 1.48. The van der Waals surface area contributed by atoms with Gasteiger partial charge in [0.15, 0.2) is 0 Å². The maximum absolute atomic E-state index is 10.9. The first-order chi connectivity index (χ1) is 6.68. The predicted octanol–water partition coefficient (Wildman–Crippen LogP) is 1.53. The summed E-state index contributed by atoms with van der Waals surface area (Å²) in [6, 6.07) is 5.73. The summed E-state index contributed by atoms with van der Waals surface area (Å²) in [5.41, 5.74) is 1.82. The summed E-state index contributed by atoms with van der Waals surface area (Å²) >= 11 is 0. The van der Waals surface area contributed by atoms with Crippen molar-refractivity contribution < 1.29 is 4.79 Å². The van der Waals surface area contributed by atoms with E-state index in [1.807, 2.05) is 25.2 Å². The van der Waals surface area contributed by atoms with Crippen LogP contribution in [0.2, 0.25) is 0 Å². The lowest BCUT2D eigenvalue weighted by atomic mass is 10.2. The smallest absolute Gasteiger partial charge is 0.221 e. The van der Waals surface area contributed by atoms with Gasteiger partial charge in [-0.3, -0.25) is 9.48 Å². The zero-order valence-corrected chi connectivity index (χ0v) is 8.11. The first-order valence-electron chi connectivity index (χ1n) is 4.37. The molecule has 0 fully saturated rings. The van der Waals surface area contributed by atoms with Gasteiger partial charge in [-0.25, -0.2) is 0 Å². The Morgan fingerprint density at radius 1 is 1.50 bits per heavy atom. The maximum Gasteiger partial charge on any atom is 0.221 e. The Morgan fingerprint density at radius 2 is 2.29 bits per heavy atom. The van der Waals surface area contributed by atoms with Gasteiger partial charge < -0.3 is 5.32 Å². The number of carbonyl (C=O) groups excluding carboxylic acids is 1. The fraction of sp³-hybridized carbons (Fsp3) is 0.200. The van der Waals surface area contributed by atoms with Crippen LogP contribution in [0.15, 0.2) is 24.4 Å². The number of hydrogen-bond acceptors (Lipinski definition) is 2. The molecule has 72 valence electrons.